The van der Waals surface area contributed by atoms with Crippen molar-refractivity contribution in [1.82, 2.24) is 5.32 Å². The van der Waals surface area contributed by atoms with Gasteiger partial charge in [-0.3, -0.25) is 9.59 Å². The fraction of sp³-hybridized carbons (Fsp3) is 0.750. The zero-order valence-electron chi connectivity index (χ0n) is 40.7. The van der Waals surface area contributed by atoms with E-state index in [4.69, 9.17) is 4.74 Å². The second kappa shape index (κ2) is 49.3. The predicted octanol–water partition coefficient (Wildman–Crippen LogP) is 15.8. The highest BCUT2D eigenvalue weighted by Crippen LogP contribution is 2.17. The fourth-order valence-electron chi connectivity index (χ4n) is 7.68. The highest BCUT2D eigenvalue weighted by molar-refractivity contribution is 5.77. The van der Waals surface area contributed by atoms with Crippen LogP contribution in [0.25, 0.3) is 0 Å². The Morgan fingerprint density at radius 2 is 0.903 bits per heavy atom. The van der Waals surface area contributed by atoms with Crippen LogP contribution in [0.15, 0.2) is 72.9 Å². The number of hydrogen-bond acceptors (Lipinski definition) is 5. The molecule has 0 radical (unpaired) electrons. The Balaban J connectivity index is 4.58. The summed E-state index contributed by atoms with van der Waals surface area (Å²) in [6.45, 7) is 6.29. The molecule has 358 valence electrons. The molecule has 0 heterocycles. The quantitative estimate of drug-likeness (QED) is 0.0245. The maximum Gasteiger partial charge on any atom is 0.306 e. The topological polar surface area (TPSA) is 95.9 Å². The van der Waals surface area contributed by atoms with Gasteiger partial charge in [-0.2, -0.15) is 0 Å². The molecule has 0 fully saturated rings. The monoisotopic (exact) mass is 866 g/mol. The molecule has 3 unspecified atom stereocenters. The maximum atomic E-state index is 13.2. The van der Waals surface area contributed by atoms with E-state index in [0.717, 1.165) is 44.9 Å². The van der Waals surface area contributed by atoms with Gasteiger partial charge in [-0.25, -0.2) is 0 Å². The Morgan fingerprint density at radius 1 is 0.500 bits per heavy atom. The number of rotatable bonds is 46. The van der Waals surface area contributed by atoms with Crippen molar-refractivity contribution in [3.63, 3.8) is 0 Å². The fourth-order valence-corrected chi connectivity index (χ4v) is 7.68. The highest BCUT2D eigenvalue weighted by atomic mass is 16.5. The summed E-state index contributed by atoms with van der Waals surface area (Å²) in [4.78, 5) is 26.1. The van der Waals surface area contributed by atoms with Gasteiger partial charge in [0.1, 0.15) is 6.10 Å². The Morgan fingerprint density at radius 3 is 1.37 bits per heavy atom. The van der Waals surface area contributed by atoms with Crippen LogP contribution in [0.4, 0.5) is 0 Å². The minimum atomic E-state index is -0.821. The molecule has 0 saturated heterocycles. The number of esters is 1. The Labute approximate surface area is 383 Å². The van der Waals surface area contributed by atoms with Gasteiger partial charge in [0.15, 0.2) is 0 Å². The van der Waals surface area contributed by atoms with Crippen molar-refractivity contribution in [2.24, 2.45) is 0 Å². The lowest BCUT2D eigenvalue weighted by molar-refractivity contribution is -0.150. The first-order valence-corrected chi connectivity index (χ1v) is 26.2. The number of aliphatic hydroxyl groups excluding tert-OH is 2. The van der Waals surface area contributed by atoms with E-state index in [0.29, 0.717) is 19.3 Å². The lowest BCUT2D eigenvalue weighted by atomic mass is 10.0. The predicted molar refractivity (Wildman–Crippen MR) is 268 cm³/mol. The molecule has 3 N–H and O–H groups in total. The summed E-state index contributed by atoms with van der Waals surface area (Å²) in [6.07, 6.45) is 62.8. The summed E-state index contributed by atoms with van der Waals surface area (Å²) in [5.41, 5.74) is 0. The summed E-state index contributed by atoms with van der Waals surface area (Å²) in [5, 5.41) is 23.7. The van der Waals surface area contributed by atoms with Crippen LogP contribution < -0.4 is 5.32 Å². The van der Waals surface area contributed by atoms with Crippen LogP contribution in [0, 0.1) is 0 Å². The average molecular weight is 866 g/mol. The first kappa shape index (κ1) is 59.3. The minimum Gasteiger partial charge on any atom is -0.461 e. The van der Waals surface area contributed by atoms with Gasteiger partial charge < -0.3 is 20.3 Å². The lowest BCUT2D eigenvalue weighted by Crippen LogP contribution is -2.46. The largest absolute Gasteiger partial charge is 0.461 e. The molecular formula is C56H99NO5. The van der Waals surface area contributed by atoms with E-state index in [2.05, 4.69) is 44.3 Å². The summed E-state index contributed by atoms with van der Waals surface area (Å²) in [5.74, 6) is -0.612. The lowest BCUT2D eigenvalue weighted by Gasteiger charge is -2.24. The molecule has 0 spiro atoms. The van der Waals surface area contributed by atoms with E-state index in [1.807, 2.05) is 54.7 Å². The van der Waals surface area contributed by atoms with Crippen molar-refractivity contribution in [2.75, 3.05) is 6.61 Å². The third kappa shape index (κ3) is 43.9. The van der Waals surface area contributed by atoms with Gasteiger partial charge in [0.05, 0.1) is 25.2 Å². The van der Waals surface area contributed by atoms with Crippen molar-refractivity contribution < 1.29 is 24.5 Å². The summed E-state index contributed by atoms with van der Waals surface area (Å²) < 4.78 is 5.84. The van der Waals surface area contributed by atoms with E-state index in [1.54, 1.807) is 0 Å². The van der Waals surface area contributed by atoms with Gasteiger partial charge >= 0.3 is 5.97 Å². The summed E-state index contributed by atoms with van der Waals surface area (Å²) in [6, 6.07) is -0.742. The Hall–Kier alpha value is -2.70. The zero-order valence-corrected chi connectivity index (χ0v) is 40.7. The molecule has 1 amide bonds. The molecule has 6 nitrogen and oxygen atoms in total. The van der Waals surface area contributed by atoms with E-state index < -0.39 is 18.2 Å². The molecule has 0 bridgehead atoms. The van der Waals surface area contributed by atoms with Gasteiger partial charge in [-0.05, 0) is 44.9 Å². The Kier molecular flexibility index (Phi) is 47.2. The van der Waals surface area contributed by atoms with Crippen LogP contribution in [0.5, 0.6) is 0 Å². The first-order valence-electron chi connectivity index (χ1n) is 26.2. The molecule has 0 aromatic heterocycles. The first-order chi connectivity index (χ1) is 30.5. The van der Waals surface area contributed by atoms with Gasteiger partial charge in [-0.15, -0.1) is 0 Å². The van der Waals surface area contributed by atoms with Crippen LogP contribution in [-0.2, 0) is 14.3 Å². The van der Waals surface area contributed by atoms with Crippen LogP contribution >= 0.6 is 0 Å². The number of unbranched alkanes of at least 4 members (excludes halogenated alkanes) is 27. The third-order valence-electron chi connectivity index (χ3n) is 11.6. The molecule has 0 aliphatic heterocycles. The maximum absolute atomic E-state index is 13.2. The normalized spacial score (nSPS) is 13.8. The average Bonchev–Trinajstić information content (AvgIpc) is 3.26. The number of carbonyl (C=O) groups is 2. The van der Waals surface area contributed by atoms with Crippen molar-refractivity contribution in [3.05, 3.63) is 72.9 Å². The number of carbonyl (C=O) groups excluding carboxylic acids is 2. The van der Waals surface area contributed by atoms with Crippen molar-refractivity contribution in [2.45, 2.75) is 264 Å². The van der Waals surface area contributed by atoms with Gasteiger partial charge in [-0.1, -0.05) is 254 Å². The van der Waals surface area contributed by atoms with Gasteiger partial charge in [0.25, 0.3) is 0 Å². The number of nitrogens with one attached hydrogen (secondary N) is 1. The molecule has 6 heteroatoms. The van der Waals surface area contributed by atoms with Gasteiger partial charge in [0.2, 0.25) is 5.91 Å². The Bertz CT molecular complexity index is 1150. The molecule has 3 atom stereocenters. The minimum absolute atomic E-state index is 0.0217. The second-order valence-corrected chi connectivity index (χ2v) is 17.7. The molecular weight excluding hydrogens is 767 g/mol. The standard InChI is InChI=1S/C56H99NO5/c1-4-7-10-13-16-19-22-24-26-27-29-30-33-36-39-42-45-48-54(59)53(51-58)57-55(60)50-52(47-44-41-38-35-32-21-18-15-12-9-6-3)62-56(61)49-46-43-40-37-34-31-28-25-23-20-17-14-11-8-5-2/h9,12,15,18,20-21,23,32,35,38,41,44,52-54,58-59H,4-8,10-11,13-14,16-17,19,22,24-31,33-34,36-37,39-40,42-43,45-51H2,1-3H3,(H,57,60)/b12-9+,18-15+,23-20-,32-21-,38-35-,44-41+. The third-order valence-corrected chi connectivity index (χ3v) is 11.6. The summed E-state index contributed by atoms with van der Waals surface area (Å²) >= 11 is 0. The van der Waals surface area contributed by atoms with Crippen molar-refractivity contribution in [3.8, 4) is 0 Å². The van der Waals surface area contributed by atoms with Crippen molar-refractivity contribution in [1.29, 1.82) is 0 Å². The number of aliphatic hydroxyl groups is 2. The van der Waals surface area contributed by atoms with Crippen LogP contribution in [-0.4, -0.2) is 46.9 Å². The van der Waals surface area contributed by atoms with E-state index >= 15 is 0 Å². The van der Waals surface area contributed by atoms with E-state index in [1.165, 1.54) is 154 Å². The molecule has 0 aromatic carbocycles. The summed E-state index contributed by atoms with van der Waals surface area (Å²) in [7, 11) is 0. The second-order valence-electron chi connectivity index (χ2n) is 17.7. The molecule has 0 rings (SSSR count). The van der Waals surface area contributed by atoms with E-state index in [9.17, 15) is 19.8 Å². The zero-order chi connectivity index (χ0) is 45.2. The number of allylic oxidation sites excluding steroid dienone is 11. The molecule has 62 heavy (non-hydrogen) atoms. The molecule has 0 aromatic rings. The van der Waals surface area contributed by atoms with Crippen LogP contribution in [0.3, 0.4) is 0 Å². The smallest absolute Gasteiger partial charge is 0.306 e. The number of ether oxygens (including phenoxy) is 1. The number of hydrogen-bond donors (Lipinski definition) is 3. The van der Waals surface area contributed by atoms with Crippen LogP contribution in [0.2, 0.25) is 0 Å². The highest BCUT2D eigenvalue weighted by Gasteiger charge is 2.23. The number of amides is 1. The van der Waals surface area contributed by atoms with Crippen molar-refractivity contribution >= 4 is 11.9 Å². The molecule has 0 aliphatic carbocycles. The van der Waals surface area contributed by atoms with Gasteiger partial charge in [0, 0.05) is 12.8 Å². The van der Waals surface area contributed by atoms with E-state index in [-0.39, 0.29) is 24.9 Å². The SMILES string of the molecule is CC/C=C/C=C/C=C\C=C/C=C/CC(CC(=O)NC(CO)C(O)CCCCCCCCCCCCCCCCCCC)OC(=O)CCCCCCCCC/C=C\CCCCCC. The van der Waals surface area contributed by atoms with Crippen LogP contribution in [0.1, 0.15) is 245 Å². The molecule has 0 aliphatic rings. The molecule has 0 saturated carbocycles.